The van der Waals surface area contributed by atoms with Crippen molar-refractivity contribution in [3.63, 3.8) is 0 Å². The number of benzene rings is 2. The Morgan fingerprint density at radius 1 is 0.946 bits per heavy atom. The number of aromatic amines is 1. The number of rotatable bonds is 3. The second kappa shape index (κ2) is 8.48. The van der Waals surface area contributed by atoms with Crippen LogP contribution in [-0.2, 0) is 12.4 Å². The minimum Gasteiger partial charge on any atom is -0.391 e. The molecule has 1 unspecified atom stereocenters. The van der Waals surface area contributed by atoms with Gasteiger partial charge in [-0.2, -0.15) is 26.3 Å². The van der Waals surface area contributed by atoms with E-state index in [0.717, 1.165) is 24.4 Å². The highest BCUT2D eigenvalue weighted by atomic mass is 19.4. The van der Waals surface area contributed by atoms with Gasteiger partial charge in [0.05, 0.1) is 46.5 Å². The maximum absolute atomic E-state index is 13.9. The van der Waals surface area contributed by atoms with Gasteiger partial charge in [-0.3, -0.25) is 9.59 Å². The van der Waals surface area contributed by atoms with Crippen molar-refractivity contribution < 1.29 is 41.4 Å². The van der Waals surface area contributed by atoms with Gasteiger partial charge in [0.25, 0.3) is 5.91 Å². The van der Waals surface area contributed by atoms with Gasteiger partial charge in [0, 0.05) is 17.4 Å². The van der Waals surface area contributed by atoms with E-state index >= 15 is 0 Å². The fourth-order valence-electron chi connectivity index (χ4n) is 5.25. The minimum absolute atomic E-state index is 0.0757. The van der Waals surface area contributed by atoms with Crippen molar-refractivity contribution in [1.82, 2.24) is 4.98 Å². The number of aromatic nitrogens is 1. The summed E-state index contributed by atoms with van der Waals surface area (Å²) in [6, 6.07) is 4.80. The second-order valence-corrected chi connectivity index (χ2v) is 9.09. The molecule has 2 saturated heterocycles. The Hall–Kier alpha value is -3.58. The summed E-state index contributed by atoms with van der Waals surface area (Å²) in [5.74, 6) is -1.33. The minimum atomic E-state index is -4.95. The number of amides is 1. The molecule has 0 saturated carbocycles. The zero-order valence-electron chi connectivity index (χ0n) is 18.7. The second-order valence-electron chi connectivity index (χ2n) is 9.09. The normalized spacial score (nSPS) is 23.6. The molecule has 7 nitrogen and oxygen atoms in total. The van der Waals surface area contributed by atoms with Crippen molar-refractivity contribution in [3.8, 4) is 0 Å². The van der Waals surface area contributed by atoms with Gasteiger partial charge in [-0.1, -0.05) is 6.07 Å². The van der Waals surface area contributed by atoms with Gasteiger partial charge in [-0.25, -0.2) is 0 Å². The molecule has 13 heteroatoms. The molecular formula is C24H19F6N3O4. The predicted octanol–water partition coefficient (Wildman–Crippen LogP) is 3.89. The Morgan fingerprint density at radius 2 is 1.57 bits per heavy atom. The SMILES string of the molecule is O=C(Nc1ccc(N2C3C[C@H](O)[C@@H]2C[C@@H]3O)cc1C(F)(F)F)c1c[nH]c2cccc(C(F)(F)F)c2c1=O. The van der Waals surface area contributed by atoms with E-state index in [1.54, 1.807) is 0 Å². The molecule has 2 bridgehead atoms. The van der Waals surface area contributed by atoms with Crippen LogP contribution in [0.1, 0.15) is 34.3 Å². The monoisotopic (exact) mass is 527 g/mol. The Bertz CT molecular complexity index is 1440. The summed E-state index contributed by atoms with van der Waals surface area (Å²) in [6.45, 7) is 0. The van der Waals surface area contributed by atoms with Crippen LogP contribution >= 0.6 is 0 Å². The standard InChI is InChI=1S/C24H19F6N3O4/c25-23(26,27)12-2-1-3-15-20(12)21(36)11(9-31-15)22(37)32-14-5-4-10(6-13(14)24(28,29)30)33-16-7-18(34)17(33)8-19(16)35/h1-6,9,16-19,34-35H,7-8H2,(H,31,36)(H,32,37)/t16-,17?,18-,19-/m0/s1. The van der Waals surface area contributed by atoms with Crippen LogP contribution in [0.25, 0.3) is 10.9 Å². The summed E-state index contributed by atoms with van der Waals surface area (Å²) < 4.78 is 82.1. The molecule has 3 heterocycles. The molecular weight excluding hydrogens is 508 g/mol. The molecule has 2 aromatic carbocycles. The number of alkyl halides is 6. The summed E-state index contributed by atoms with van der Waals surface area (Å²) >= 11 is 0. The average molecular weight is 527 g/mol. The van der Waals surface area contributed by atoms with Crippen LogP contribution in [0.5, 0.6) is 0 Å². The summed E-state index contributed by atoms with van der Waals surface area (Å²) in [5, 5.41) is 21.5. The Labute approximate surface area is 204 Å². The zero-order chi connectivity index (χ0) is 26.9. The van der Waals surface area contributed by atoms with Crippen LogP contribution in [0, 0.1) is 0 Å². The number of pyridine rings is 1. The molecule has 0 aliphatic carbocycles. The largest absolute Gasteiger partial charge is 0.418 e. The van der Waals surface area contributed by atoms with Crippen LogP contribution in [0.3, 0.4) is 0 Å². The van der Waals surface area contributed by atoms with E-state index in [0.29, 0.717) is 6.07 Å². The van der Waals surface area contributed by atoms with E-state index in [1.165, 1.54) is 17.0 Å². The predicted molar refractivity (Wildman–Crippen MR) is 120 cm³/mol. The quantitative estimate of drug-likeness (QED) is 0.387. The molecule has 2 aliphatic heterocycles. The van der Waals surface area contributed by atoms with Crippen molar-refractivity contribution in [3.05, 3.63) is 69.5 Å². The van der Waals surface area contributed by atoms with E-state index < -0.39 is 75.7 Å². The van der Waals surface area contributed by atoms with Gasteiger partial charge in [0.1, 0.15) is 5.56 Å². The topological polar surface area (TPSA) is 106 Å². The van der Waals surface area contributed by atoms with Gasteiger partial charge in [0.15, 0.2) is 0 Å². The summed E-state index contributed by atoms with van der Waals surface area (Å²) in [6.07, 6.45) is -10.3. The van der Waals surface area contributed by atoms with Gasteiger partial charge in [-0.15, -0.1) is 0 Å². The Kier molecular flexibility index (Phi) is 5.75. The van der Waals surface area contributed by atoms with Gasteiger partial charge in [0.2, 0.25) is 5.43 Å². The number of carbonyl (C=O) groups excluding carboxylic acids is 1. The third kappa shape index (κ3) is 4.21. The van der Waals surface area contributed by atoms with Crippen LogP contribution in [-0.4, -0.2) is 45.4 Å². The lowest BCUT2D eigenvalue weighted by atomic mass is 9.95. The third-order valence-electron chi connectivity index (χ3n) is 6.88. The first kappa shape index (κ1) is 25.1. The molecule has 1 amide bonds. The van der Waals surface area contributed by atoms with Gasteiger partial charge in [-0.05, 0) is 43.2 Å². The van der Waals surface area contributed by atoms with Crippen LogP contribution in [0.15, 0.2) is 47.4 Å². The number of hydrogen-bond acceptors (Lipinski definition) is 5. The number of H-pyrrole nitrogens is 1. The number of halogens is 6. The van der Waals surface area contributed by atoms with Crippen LogP contribution in [0.2, 0.25) is 0 Å². The highest BCUT2D eigenvalue weighted by Gasteiger charge is 2.51. The molecule has 0 radical (unpaired) electrons. The number of fused-ring (bicyclic) bond motifs is 3. The number of hydrogen-bond donors (Lipinski definition) is 4. The number of anilines is 2. The number of aliphatic hydroxyl groups excluding tert-OH is 2. The van der Waals surface area contributed by atoms with E-state index in [4.69, 9.17) is 0 Å². The number of nitrogens with zero attached hydrogens (tertiary/aromatic N) is 1. The van der Waals surface area contributed by atoms with Crippen LogP contribution < -0.4 is 15.6 Å². The average Bonchev–Trinajstić information content (AvgIpc) is 3.30. The molecule has 0 spiro atoms. The summed E-state index contributed by atoms with van der Waals surface area (Å²) in [5.41, 5.74) is -5.47. The van der Waals surface area contributed by atoms with Crippen molar-refractivity contribution >= 4 is 28.2 Å². The molecule has 4 N–H and O–H groups in total. The van der Waals surface area contributed by atoms with Gasteiger partial charge >= 0.3 is 12.4 Å². The molecule has 2 aliphatic rings. The third-order valence-corrected chi connectivity index (χ3v) is 6.88. The lowest BCUT2D eigenvalue weighted by molar-refractivity contribution is -0.137. The Morgan fingerprint density at radius 3 is 2.16 bits per heavy atom. The van der Waals surface area contributed by atoms with Crippen molar-refractivity contribution in [2.75, 3.05) is 10.2 Å². The molecule has 196 valence electrons. The van der Waals surface area contributed by atoms with E-state index in [1.807, 2.05) is 5.32 Å². The lowest BCUT2D eigenvalue weighted by Gasteiger charge is -2.26. The van der Waals surface area contributed by atoms with Crippen molar-refractivity contribution in [1.29, 1.82) is 0 Å². The molecule has 1 aromatic heterocycles. The van der Waals surface area contributed by atoms with Crippen molar-refractivity contribution in [2.45, 2.75) is 49.5 Å². The van der Waals surface area contributed by atoms with E-state index in [-0.39, 0.29) is 24.0 Å². The maximum atomic E-state index is 13.9. The first-order valence-corrected chi connectivity index (χ1v) is 11.2. The molecule has 3 aromatic rings. The smallest absolute Gasteiger partial charge is 0.391 e. The molecule has 37 heavy (non-hydrogen) atoms. The van der Waals surface area contributed by atoms with Crippen molar-refractivity contribution in [2.24, 2.45) is 0 Å². The Balaban J connectivity index is 1.52. The highest BCUT2D eigenvalue weighted by molar-refractivity contribution is 6.06. The maximum Gasteiger partial charge on any atom is 0.418 e. The summed E-state index contributed by atoms with van der Waals surface area (Å²) in [4.78, 5) is 29.6. The van der Waals surface area contributed by atoms with Gasteiger partial charge < -0.3 is 25.4 Å². The molecule has 5 rings (SSSR count). The van der Waals surface area contributed by atoms with Crippen LogP contribution in [0.4, 0.5) is 37.7 Å². The number of carbonyl (C=O) groups is 1. The summed E-state index contributed by atoms with van der Waals surface area (Å²) in [7, 11) is 0. The zero-order valence-corrected chi connectivity index (χ0v) is 18.7. The molecule has 2 fully saturated rings. The van der Waals surface area contributed by atoms with E-state index in [9.17, 15) is 46.1 Å². The first-order chi connectivity index (χ1) is 17.3. The highest BCUT2D eigenvalue weighted by Crippen LogP contribution is 2.44. The fourth-order valence-corrected chi connectivity index (χ4v) is 5.25. The number of nitrogens with one attached hydrogen (secondary N) is 2. The van der Waals surface area contributed by atoms with E-state index in [2.05, 4.69) is 4.98 Å². The fraction of sp³-hybridized carbons (Fsp3) is 0.333. The number of aliphatic hydroxyl groups is 2. The molecule has 4 atom stereocenters. The first-order valence-electron chi connectivity index (χ1n) is 11.2. The lowest BCUT2D eigenvalue weighted by Crippen LogP contribution is -2.33.